The van der Waals surface area contributed by atoms with Crippen LogP contribution >= 0.6 is 0 Å². The van der Waals surface area contributed by atoms with Crippen molar-refractivity contribution in [2.24, 2.45) is 0 Å². The number of pyridine rings is 1. The predicted molar refractivity (Wildman–Crippen MR) is 166 cm³/mol. The van der Waals surface area contributed by atoms with Gasteiger partial charge in [-0.05, 0) is 78.4 Å². The predicted octanol–water partition coefficient (Wildman–Crippen LogP) is 6.30. The summed E-state index contributed by atoms with van der Waals surface area (Å²) in [6.45, 7) is 6.44. The summed E-state index contributed by atoms with van der Waals surface area (Å²) in [6, 6.07) is 21.9. The number of nitriles is 1. The summed E-state index contributed by atoms with van der Waals surface area (Å²) in [6.07, 6.45) is 3.97. The van der Waals surface area contributed by atoms with Crippen LogP contribution in [0.2, 0.25) is 0 Å². The molecule has 0 aliphatic carbocycles. The fourth-order valence-corrected chi connectivity index (χ4v) is 5.88. The molecule has 7 rings (SSSR count). The monoisotopic (exact) mass is 567 g/mol. The van der Waals surface area contributed by atoms with Gasteiger partial charge in [-0.25, -0.2) is 15.0 Å². The summed E-state index contributed by atoms with van der Waals surface area (Å²) in [5, 5.41) is 22.9. The molecule has 1 unspecified atom stereocenters. The first-order valence-corrected chi connectivity index (χ1v) is 14.2. The lowest BCUT2D eigenvalue weighted by molar-refractivity contribution is 0.175. The summed E-state index contributed by atoms with van der Waals surface area (Å²) in [5.74, 6) is 1.13. The lowest BCUT2D eigenvalue weighted by Crippen LogP contribution is -2.21. The Balaban J connectivity index is 1.20. The molecule has 1 aliphatic rings. The van der Waals surface area contributed by atoms with Gasteiger partial charge in [-0.15, -0.1) is 0 Å². The minimum Gasteiger partial charge on any atom is -0.435 e. The number of β-amino-alcohol motifs (C(OH)–C–C–N with tert-alkyl or cyclic N) is 1. The number of nitrogens with one attached hydrogen (secondary N) is 1. The Morgan fingerprint density at radius 3 is 2.58 bits per heavy atom. The smallest absolute Gasteiger partial charge is 0.227 e. The van der Waals surface area contributed by atoms with Crippen molar-refractivity contribution in [3.05, 3.63) is 95.4 Å². The van der Waals surface area contributed by atoms with E-state index in [0.717, 1.165) is 64.1 Å². The van der Waals surface area contributed by atoms with Gasteiger partial charge in [0, 0.05) is 37.1 Å². The number of benzene rings is 3. The van der Waals surface area contributed by atoms with E-state index in [1.54, 1.807) is 12.4 Å². The molecule has 2 N–H and O–H groups in total. The van der Waals surface area contributed by atoms with E-state index < -0.39 is 0 Å². The highest BCUT2D eigenvalue weighted by Gasteiger charge is 2.21. The van der Waals surface area contributed by atoms with E-state index >= 15 is 0 Å². The number of fused-ring (bicyclic) bond motifs is 2. The van der Waals surface area contributed by atoms with Crippen LogP contribution in [-0.2, 0) is 6.54 Å². The number of rotatable bonds is 6. The first-order valence-electron chi connectivity index (χ1n) is 14.2. The average molecular weight is 568 g/mol. The quantitative estimate of drug-likeness (QED) is 0.239. The second-order valence-corrected chi connectivity index (χ2v) is 11.0. The van der Waals surface area contributed by atoms with Gasteiger partial charge in [0.1, 0.15) is 23.4 Å². The van der Waals surface area contributed by atoms with Gasteiger partial charge in [-0.2, -0.15) is 5.26 Å². The van der Waals surface area contributed by atoms with Crippen LogP contribution in [0.5, 0.6) is 0 Å². The number of nitrogens with zero attached hydrogens (tertiary/aromatic N) is 6. The SMILES string of the molecule is Cc1c(Nc2ncnc3cc(CN4CCC(O)C4)cnc23)cccc1-c1cccc(-c2nc3cccc(C#N)c3o2)c1C. The largest absolute Gasteiger partial charge is 0.435 e. The third-order valence-electron chi connectivity index (χ3n) is 8.16. The number of aliphatic hydroxyl groups is 1. The topological polar surface area (TPSA) is 124 Å². The van der Waals surface area contributed by atoms with E-state index in [9.17, 15) is 10.4 Å². The van der Waals surface area contributed by atoms with E-state index in [0.29, 0.717) is 40.4 Å². The molecule has 4 heterocycles. The van der Waals surface area contributed by atoms with Crippen LogP contribution in [0.1, 0.15) is 28.7 Å². The molecule has 0 saturated carbocycles. The second kappa shape index (κ2) is 10.9. The molecule has 1 aliphatic heterocycles. The van der Waals surface area contributed by atoms with Crippen LogP contribution < -0.4 is 5.32 Å². The second-order valence-electron chi connectivity index (χ2n) is 11.0. The highest BCUT2D eigenvalue weighted by Crippen LogP contribution is 2.37. The molecule has 1 saturated heterocycles. The molecule has 9 nitrogen and oxygen atoms in total. The third-order valence-corrected chi connectivity index (χ3v) is 8.16. The van der Waals surface area contributed by atoms with Crippen LogP contribution in [0.4, 0.5) is 11.5 Å². The van der Waals surface area contributed by atoms with Crippen molar-refractivity contribution in [1.82, 2.24) is 24.8 Å². The first kappa shape index (κ1) is 26.7. The fourth-order valence-electron chi connectivity index (χ4n) is 5.88. The molecule has 1 fully saturated rings. The average Bonchev–Trinajstić information content (AvgIpc) is 3.64. The van der Waals surface area contributed by atoms with Crippen molar-refractivity contribution in [3.63, 3.8) is 0 Å². The van der Waals surface area contributed by atoms with E-state index in [-0.39, 0.29) is 6.10 Å². The van der Waals surface area contributed by atoms with Crippen molar-refractivity contribution in [3.8, 4) is 28.7 Å². The van der Waals surface area contributed by atoms with Gasteiger partial charge in [0.25, 0.3) is 0 Å². The summed E-state index contributed by atoms with van der Waals surface area (Å²) in [7, 11) is 0. The van der Waals surface area contributed by atoms with Crippen LogP contribution in [0.3, 0.4) is 0 Å². The molecule has 9 heteroatoms. The van der Waals surface area contributed by atoms with Crippen LogP contribution in [0.25, 0.3) is 44.7 Å². The summed E-state index contributed by atoms with van der Waals surface area (Å²) >= 11 is 0. The Hall–Kier alpha value is -5.17. The Kier molecular flexibility index (Phi) is 6.78. The maximum absolute atomic E-state index is 9.86. The number of aromatic nitrogens is 4. The van der Waals surface area contributed by atoms with E-state index in [4.69, 9.17) is 9.40 Å². The van der Waals surface area contributed by atoms with Gasteiger partial charge in [-0.1, -0.05) is 30.3 Å². The van der Waals surface area contributed by atoms with Crippen molar-refractivity contribution in [2.75, 3.05) is 18.4 Å². The highest BCUT2D eigenvalue weighted by atomic mass is 16.3. The number of likely N-dealkylation sites (tertiary alicyclic amines) is 1. The summed E-state index contributed by atoms with van der Waals surface area (Å²) < 4.78 is 6.09. The number of para-hydroxylation sites is 1. The zero-order chi connectivity index (χ0) is 29.5. The molecular formula is C34H29N7O2. The normalized spacial score (nSPS) is 15.3. The van der Waals surface area contributed by atoms with Crippen LogP contribution in [0, 0.1) is 25.2 Å². The lowest BCUT2D eigenvalue weighted by Gasteiger charge is -2.17. The van der Waals surface area contributed by atoms with Gasteiger partial charge in [0.2, 0.25) is 5.89 Å². The molecule has 3 aromatic heterocycles. The van der Waals surface area contributed by atoms with E-state index in [1.165, 1.54) is 0 Å². The Morgan fingerprint density at radius 2 is 1.77 bits per heavy atom. The maximum Gasteiger partial charge on any atom is 0.227 e. The van der Waals surface area contributed by atoms with Gasteiger partial charge in [0.05, 0.1) is 17.2 Å². The number of aliphatic hydroxyl groups excluding tert-OH is 1. The summed E-state index contributed by atoms with van der Waals surface area (Å²) in [5.41, 5.74) is 10.2. The molecule has 43 heavy (non-hydrogen) atoms. The van der Waals surface area contributed by atoms with Gasteiger partial charge in [0.15, 0.2) is 11.4 Å². The highest BCUT2D eigenvalue weighted by molar-refractivity contribution is 5.89. The van der Waals surface area contributed by atoms with Gasteiger partial charge < -0.3 is 14.8 Å². The lowest BCUT2D eigenvalue weighted by atomic mass is 9.93. The minimum absolute atomic E-state index is 0.253. The molecule has 1 atom stereocenters. The standard InChI is InChI=1S/C34H29N7O2/c1-20-25(7-4-9-27(20)34-40-29-11-3-6-23(15-35)32(29)43-34)26-8-5-10-28(21(26)2)39-33-31-30(37-19-38-33)14-22(16-36-31)17-41-13-12-24(42)18-41/h3-11,14,16,19,24,42H,12-13,17-18H2,1-2H3,(H,37,38,39). The molecule has 212 valence electrons. The Morgan fingerprint density at radius 1 is 0.977 bits per heavy atom. The zero-order valence-corrected chi connectivity index (χ0v) is 23.9. The minimum atomic E-state index is -0.253. The maximum atomic E-state index is 9.86. The van der Waals surface area contributed by atoms with Gasteiger partial charge >= 0.3 is 0 Å². The molecule has 6 aromatic rings. The van der Waals surface area contributed by atoms with Crippen LogP contribution in [-0.4, -0.2) is 49.1 Å². The van der Waals surface area contributed by atoms with Crippen molar-refractivity contribution in [2.45, 2.75) is 32.9 Å². The van der Waals surface area contributed by atoms with E-state index in [1.807, 2.05) is 48.7 Å². The molecule has 0 spiro atoms. The molecule has 0 amide bonds. The van der Waals surface area contributed by atoms with Gasteiger partial charge in [-0.3, -0.25) is 9.88 Å². The molecule has 0 radical (unpaired) electrons. The Labute approximate surface area is 248 Å². The number of oxazole rings is 1. The fraction of sp³-hybridized carbons (Fsp3) is 0.206. The number of hydrogen-bond donors (Lipinski definition) is 2. The van der Waals surface area contributed by atoms with E-state index in [2.05, 4.69) is 57.2 Å². The molecule has 3 aromatic carbocycles. The zero-order valence-electron chi connectivity index (χ0n) is 23.9. The first-order chi connectivity index (χ1) is 21.0. The molecule has 0 bridgehead atoms. The van der Waals surface area contributed by atoms with Crippen molar-refractivity contribution >= 4 is 33.6 Å². The van der Waals surface area contributed by atoms with Crippen LogP contribution in [0.15, 0.2) is 77.6 Å². The summed E-state index contributed by atoms with van der Waals surface area (Å²) in [4.78, 5) is 20.6. The Bertz CT molecular complexity index is 2050. The molecular weight excluding hydrogens is 538 g/mol. The number of anilines is 2. The van der Waals surface area contributed by atoms with Crippen molar-refractivity contribution in [1.29, 1.82) is 5.26 Å². The number of hydrogen-bond acceptors (Lipinski definition) is 9. The third kappa shape index (κ3) is 4.97. The van der Waals surface area contributed by atoms with Crippen molar-refractivity contribution < 1.29 is 9.52 Å².